The molecule has 2 rings (SSSR count). The van der Waals surface area contributed by atoms with E-state index in [1.807, 2.05) is 55.4 Å². The minimum Gasteiger partial charge on any atom is -0.378 e. The second kappa shape index (κ2) is 4.23. The van der Waals surface area contributed by atoms with Gasteiger partial charge in [0, 0.05) is 31.5 Å². The summed E-state index contributed by atoms with van der Waals surface area (Å²) in [5.74, 6) is 0. The zero-order chi connectivity index (χ0) is 11.5. The van der Waals surface area contributed by atoms with E-state index in [0.717, 1.165) is 11.3 Å². The van der Waals surface area contributed by atoms with Gasteiger partial charge in [-0.25, -0.2) is 0 Å². The Morgan fingerprint density at radius 2 is 1.94 bits per heavy atom. The molecule has 0 amide bonds. The minimum absolute atomic E-state index is 0.0570. The molecule has 1 heterocycles. The molecule has 16 heavy (non-hydrogen) atoms. The molecule has 2 aromatic rings. The number of hydrogen-bond donors (Lipinski definition) is 1. The number of rotatable bonds is 2. The van der Waals surface area contributed by atoms with Gasteiger partial charge in [0.05, 0.1) is 0 Å². The van der Waals surface area contributed by atoms with Gasteiger partial charge in [-0.15, -0.1) is 0 Å². The topological polar surface area (TPSA) is 36.1 Å². The second-order valence-electron chi connectivity index (χ2n) is 3.86. The predicted octanol–water partition coefficient (Wildman–Crippen LogP) is 2.11. The molecule has 0 radical (unpaired) electrons. The lowest BCUT2D eigenvalue weighted by Gasteiger charge is -2.13. The van der Waals surface area contributed by atoms with E-state index in [0.29, 0.717) is 5.56 Å². The highest BCUT2D eigenvalue weighted by atomic mass is 16.1. The maximum Gasteiger partial charge on any atom is 0.255 e. The van der Waals surface area contributed by atoms with Crippen molar-refractivity contribution in [3.05, 3.63) is 52.9 Å². The fourth-order valence-electron chi connectivity index (χ4n) is 1.60. The second-order valence-corrected chi connectivity index (χ2v) is 3.86. The SMILES string of the molecule is CN(C)c1cccc(-c2ccc[nH]c2=O)c1. The van der Waals surface area contributed by atoms with Crippen LogP contribution in [0.5, 0.6) is 0 Å². The van der Waals surface area contributed by atoms with Gasteiger partial charge >= 0.3 is 0 Å². The van der Waals surface area contributed by atoms with Gasteiger partial charge in [-0.1, -0.05) is 12.1 Å². The number of anilines is 1. The first-order valence-electron chi connectivity index (χ1n) is 5.14. The molecule has 0 aliphatic carbocycles. The summed E-state index contributed by atoms with van der Waals surface area (Å²) in [4.78, 5) is 16.3. The average Bonchev–Trinajstić information content (AvgIpc) is 2.30. The molecular formula is C13H14N2O. The van der Waals surface area contributed by atoms with E-state index < -0.39 is 0 Å². The number of H-pyrrole nitrogens is 1. The van der Waals surface area contributed by atoms with Crippen molar-refractivity contribution in [2.45, 2.75) is 0 Å². The normalized spacial score (nSPS) is 10.1. The van der Waals surface area contributed by atoms with Crippen LogP contribution in [0, 0.1) is 0 Å². The van der Waals surface area contributed by atoms with Crippen molar-refractivity contribution in [1.29, 1.82) is 0 Å². The molecule has 0 saturated carbocycles. The quantitative estimate of drug-likeness (QED) is 0.831. The molecule has 0 unspecified atom stereocenters. The fourth-order valence-corrected chi connectivity index (χ4v) is 1.60. The Balaban J connectivity index is 2.53. The standard InChI is InChI=1S/C13H14N2O/c1-15(2)11-6-3-5-10(9-11)12-7-4-8-14-13(12)16/h3-9H,1-2H3,(H,14,16). The summed E-state index contributed by atoms with van der Waals surface area (Å²) >= 11 is 0. The smallest absolute Gasteiger partial charge is 0.255 e. The molecule has 1 aromatic heterocycles. The number of aromatic nitrogens is 1. The van der Waals surface area contributed by atoms with Crippen molar-refractivity contribution in [2.75, 3.05) is 19.0 Å². The summed E-state index contributed by atoms with van der Waals surface area (Å²) in [5.41, 5.74) is 2.67. The average molecular weight is 214 g/mol. The Morgan fingerprint density at radius 3 is 2.62 bits per heavy atom. The monoisotopic (exact) mass is 214 g/mol. The molecule has 0 bridgehead atoms. The van der Waals surface area contributed by atoms with Gasteiger partial charge in [0.15, 0.2) is 0 Å². The summed E-state index contributed by atoms with van der Waals surface area (Å²) in [6, 6.07) is 11.6. The van der Waals surface area contributed by atoms with E-state index >= 15 is 0 Å². The number of hydrogen-bond acceptors (Lipinski definition) is 2. The van der Waals surface area contributed by atoms with Crippen LogP contribution in [0.25, 0.3) is 11.1 Å². The van der Waals surface area contributed by atoms with Crippen molar-refractivity contribution in [2.24, 2.45) is 0 Å². The van der Waals surface area contributed by atoms with Gasteiger partial charge in [-0.3, -0.25) is 4.79 Å². The summed E-state index contributed by atoms with van der Waals surface area (Å²) < 4.78 is 0. The van der Waals surface area contributed by atoms with Crippen LogP contribution >= 0.6 is 0 Å². The van der Waals surface area contributed by atoms with Crippen molar-refractivity contribution in [1.82, 2.24) is 4.98 Å². The van der Waals surface area contributed by atoms with Crippen molar-refractivity contribution < 1.29 is 0 Å². The first kappa shape index (κ1) is 10.5. The Kier molecular flexibility index (Phi) is 2.77. The highest BCUT2D eigenvalue weighted by Gasteiger charge is 2.03. The fraction of sp³-hybridized carbons (Fsp3) is 0.154. The van der Waals surface area contributed by atoms with E-state index in [-0.39, 0.29) is 5.56 Å². The van der Waals surface area contributed by atoms with Crippen LogP contribution in [-0.4, -0.2) is 19.1 Å². The molecule has 0 atom stereocenters. The zero-order valence-corrected chi connectivity index (χ0v) is 9.40. The Hall–Kier alpha value is -2.03. The molecule has 0 fully saturated rings. The Bertz CT molecular complexity index is 543. The van der Waals surface area contributed by atoms with Crippen LogP contribution in [0.15, 0.2) is 47.4 Å². The van der Waals surface area contributed by atoms with E-state index in [1.54, 1.807) is 6.20 Å². The van der Waals surface area contributed by atoms with Crippen LogP contribution < -0.4 is 10.5 Å². The van der Waals surface area contributed by atoms with E-state index in [2.05, 4.69) is 4.98 Å². The number of aromatic amines is 1. The van der Waals surface area contributed by atoms with Gasteiger partial charge in [-0.05, 0) is 29.8 Å². The number of benzene rings is 1. The summed E-state index contributed by atoms with van der Waals surface area (Å²) in [6.07, 6.45) is 1.64. The van der Waals surface area contributed by atoms with Crippen molar-refractivity contribution in [3.63, 3.8) is 0 Å². The lowest BCUT2D eigenvalue weighted by atomic mass is 10.1. The predicted molar refractivity (Wildman–Crippen MR) is 66.8 cm³/mol. The lowest BCUT2D eigenvalue weighted by molar-refractivity contribution is 1.13. The summed E-state index contributed by atoms with van der Waals surface area (Å²) in [7, 11) is 3.96. The maximum atomic E-state index is 11.6. The molecule has 0 aliphatic rings. The van der Waals surface area contributed by atoms with Crippen LogP contribution in [0.4, 0.5) is 5.69 Å². The van der Waals surface area contributed by atoms with Gasteiger partial charge in [0.2, 0.25) is 0 Å². The molecule has 3 heteroatoms. The summed E-state index contributed by atoms with van der Waals surface area (Å²) in [6.45, 7) is 0. The maximum absolute atomic E-state index is 11.6. The molecule has 82 valence electrons. The lowest BCUT2D eigenvalue weighted by Crippen LogP contribution is -2.10. The highest BCUT2D eigenvalue weighted by Crippen LogP contribution is 2.20. The molecule has 3 nitrogen and oxygen atoms in total. The first-order chi connectivity index (χ1) is 7.68. The number of nitrogens with zero attached hydrogens (tertiary/aromatic N) is 1. The molecule has 0 aliphatic heterocycles. The Labute approximate surface area is 94.4 Å². The minimum atomic E-state index is -0.0570. The number of nitrogens with one attached hydrogen (secondary N) is 1. The third kappa shape index (κ3) is 1.98. The molecule has 1 aromatic carbocycles. The van der Waals surface area contributed by atoms with Gasteiger partial charge in [0.25, 0.3) is 5.56 Å². The first-order valence-corrected chi connectivity index (χ1v) is 5.14. The molecule has 1 N–H and O–H groups in total. The van der Waals surface area contributed by atoms with Gasteiger partial charge in [0.1, 0.15) is 0 Å². The van der Waals surface area contributed by atoms with Crippen LogP contribution in [0.3, 0.4) is 0 Å². The third-order valence-electron chi connectivity index (χ3n) is 2.49. The van der Waals surface area contributed by atoms with Crippen molar-refractivity contribution in [3.8, 4) is 11.1 Å². The summed E-state index contributed by atoms with van der Waals surface area (Å²) in [5, 5.41) is 0. The third-order valence-corrected chi connectivity index (χ3v) is 2.49. The van der Waals surface area contributed by atoms with E-state index in [4.69, 9.17) is 0 Å². The van der Waals surface area contributed by atoms with Crippen LogP contribution in [0.2, 0.25) is 0 Å². The van der Waals surface area contributed by atoms with E-state index in [9.17, 15) is 4.79 Å². The highest BCUT2D eigenvalue weighted by molar-refractivity contribution is 5.67. The molecular weight excluding hydrogens is 200 g/mol. The van der Waals surface area contributed by atoms with Crippen LogP contribution in [-0.2, 0) is 0 Å². The van der Waals surface area contributed by atoms with Gasteiger partial charge in [-0.2, -0.15) is 0 Å². The largest absolute Gasteiger partial charge is 0.378 e. The zero-order valence-electron chi connectivity index (χ0n) is 9.40. The van der Waals surface area contributed by atoms with E-state index in [1.165, 1.54) is 0 Å². The number of pyridine rings is 1. The molecule has 0 saturated heterocycles. The molecule has 0 spiro atoms. The van der Waals surface area contributed by atoms with Crippen molar-refractivity contribution >= 4 is 5.69 Å². The van der Waals surface area contributed by atoms with Crippen LogP contribution in [0.1, 0.15) is 0 Å². The Morgan fingerprint density at radius 1 is 1.12 bits per heavy atom. The van der Waals surface area contributed by atoms with Gasteiger partial charge < -0.3 is 9.88 Å².